The molecule has 4 aromatic rings. The third kappa shape index (κ3) is 5.60. The maximum Gasteiger partial charge on any atom is 0.264 e. The highest BCUT2D eigenvalue weighted by molar-refractivity contribution is 7.00. The predicted molar refractivity (Wildman–Crippen MR) is 170 cm³/mol. The van der Waals surface area contributed by atoms with E-state index in [4.69, 9.17) is 14.6 Å². The van der Waals surface area contributed by atoms with Crippen LogP contribution in [-0.4, -0.2) is 29.5 Å². The Morgan fingerprint density at radius 3 is 0.897 bits per heavy atom. The molecule has 39 heavy (non-hydrogen) atoms. The third-order valence-electron chi connectivity index (χ3n) is 7.64. The van der Waals surface area contributed by atoms with Crippen molar-refractivity contribution in [1.82, 2.24) is 0 Å². The van der Waals surface area contributed by atoms with E-state index >= 15 is 0 Å². The van der Waals surface area contributed by atoms with Crippen molar-refractivity contribution in [2.45, 2.75) is 57.9 Å². The molecule has 0 saturated heterocycles. The van der Waals surface area contributed by atoms with Crippen LogP contribution in [-0.2, 0) is 8.85 Å². The summed E-state index contributed by atoms with van der Waals surface area (Å²) in [5, 5.41) is 4.50. The summed E-state index contributed by atoms with van der Waals surface area (Å²) in [5.74, 6) is 0. The van der Waals surface area contributed by atoms with Gasteiger partial charge in [0.05, 0.1) is 0 Å². The van der Waals surface area contributed by atoms with Gasteiger partial charge in [-0.15, -0.1) is 0 Å². The van der Waals surface area contributed by atoms with Gasteiger partial charge in [0, 0.05) is 6.54 Å². The first-order valence-electron chi connectivity index (χ1n) is 13.8. The van der Waals surface area contributed by atoms with Crippen LogP contribution in [0.4, 0.5) is 0 Å². The van der Waals surface area contributed by atoms with Crippen molar-refractivity contribution in [3.63, 3.8) is 0 Å². The first-order valence-corrected chi connectivity index (χ1v) is 17.7. The smallest absolute Gasteiger partial charge is 0.264 e. The summed E-state index contributed by atoms with van der Waals surface area (Å²) in [7, 11) is -5.75. The predicted octanol–water partition coefficient (Wildman–Crippen LogP) is 5.42. The minimum absolute atomic E-state index is 0.183. The highest BCUT2D eigenvalue weighted by atomic mass is 28.4. The van der Waals surface area contributed by atoms with E-state index in [0.29, 0.717) is 0 Å². The van der Waals surface area contributed by atoms with Crippen molar-refractivity contribution in [1.29, 1.82) is 0 Å². The summed E-state index contributed by atoms with van der Waals surface area (Å²) < 4.78 is 14.9. The van der Waals surface area contributed by atoms with Crippen molar-refractivity contribution in [3.05, 3.63) is 121 Å². The standard InChI is InChI=1S/C34H43NO2Si2/c1-33(2,3)38(28-19-11-7-12-20-28,29-21-13-8-14-22-29)36-32(27-35)37-39(34(4,5)6,30-23-15-9-16-24-30)31-25-17-10-18-26-31/h7-26,32H,27,35H2,1-6H3. The van der Waals surface area contributed by atoms with E-state index in [9.17, 15) is 0 Å². The molecular formula is C34H43NO2Si2. The van der Waals surface area contributed by atoms with Crippen molar-refractivity contribution in [3.8, 4) is 0 Å². The molecule has 2 N–H and O–H groups in total. The van der Waals surface area contributed by atoms with Gasteiger partial charge in [-0.1, -0.05) is 163 Å². The van der Waals surface area contributed by atoms with Gasteiger partial charge < -0.3 is 14.6 Å². The molecule has 0 amide bonds. The van der Waals surface area contributed by atoms with Gasteiger partial charge in [-0.3, -0.25) is 0 Å². The van der Waals surface area contributed by atoms with Crippen molar-refractivity contribution in [2.75, 3.05) is 6.54 Å². The molecule has 0 saturated carbocycles. The van der Waals surface area contributed by atoms with E-state index in [1.54, 1.807) is 0 Å². The van der Waals surface area contributed by atoms with Crippen molar-refractivity contribution in [2.24, 2.45) is 5.73 Å². The van der Waals surface area contributed by atoms with E-state index in [-0.39, 0.29) is 16.6 Å². The lowest BCUT2D eigenvalue weighted by atomic mass is 10.2. The van der Waals surface area contributed by atoms with Crippen LogP contribution in [0.3, 0.4) is 0 Å². The molecular weight excluding hydrogens is 511 g/mol. The van der Waals surface area contributed by atoms with Crippen LogP contribution in [0.25, 0.3) is 0 Å². The molecule has 4 aromatic carbocycles. The minimum Gasteiger partial charge on any atom is -0.382 e. The van der Waals surface area contributed by atoms with Crippen LogP contribution in [0, 0.1) is 0 Å². The molecule has 0 bridgehead atoms. The van der Waals surface area contributed by atoms with Gasteiger partial charge in [0.15, 0.2) is 6.29 Å². The monoisotopic (exact) mass is 553 g/mol. The largest absolute Gasteiger partial charge is 0.382 e. The molecule has 0 aliphatic heterocycles. The van der Waals surface area contributed by atoms with E-state index in [1.807, 2.05) is 0 Å². The normalized spacial score (nSPS) is 13.0. The molecule has 0 radical (unpaired) electrons. The second-order valence-electron chi connectivity index (χ2n) is 12.2. The summed E-state index contributed by atoms with van der Waals surface area (Å²) in [6.07, 6.45) is -0.595. The average molecular weight is 554 g/mol. The Bertz CT molecular complexity index is 1120. The molecule has 5 heteroatoms. The highest BCUT2D eigenvalue weighted by Gasteiger charge is 2.55. The number of hydrogen-bond donors (Lipinski definition) is 1. The molecule has 0 heterocycles. The minimum atomic E-state index is -2.88. The van der Waals surface area contributed by atoms with Crippen LogP contribution in [0.2, 0.25) is 10.1 Å². The Hall–Kier alpha value is -2.81. The zero-order chi connectivity index (χ0) is 28.2. The van der Waals surface area contributed by atoms with Gasteiger partial charge in [-0.25, -0.2) is 0 Å². The lowest BCUT2D eigenvalue weighted by Gasteiger charge is -2.49. The fourth-order valence-electron chi connectivity index (χ4n) is 5.90. The van der Waals surface area contributed by atoms with E-state index < -0.39 is 22.9 Å². The molecule has 0 fully saturated rings. The van der Waals surface area contributed by atoms with Gasteiger partial charge >= 0.3 is 0 Å². The average Bonchev–Trinajstić information content (AvgIpc) is 2.94. The molecule has 0 spiro atoms. The first-order chi connectivity index (χ1) is 18.6. The third-order valence-corrected chi connectivity index (χ3v) is 17.7. The molecule has 0 atom stereocenters. The van der Waals surface area contributed by atoms with Gasteiger partial charge in [0.1, 0.15) is 0 Å². The fraction of sp³-hybridized carbons (Fsp3) is 0.294. The summed E-state index contributed by atoms with van der Waals surface area (Å²) in [6.45, 7) is 14.0. The van der Waals surface area contributed by atoms with Crippen LogP contribution in [0.5, 0.6) is 0 Å². The van der Waals surface area contributed by atoms with Crippen LogP contribution in [0.1, 0.15) is 41.5 Å². The Morgan fingerprint density at radius 2 is 0.718 bits per heavy atom. The van der Waals surface area contributed by atoms with E-state index in [2.05, 4.69) is 163 Å². The van der Waals surface area contributed by atoms with Crippen molar-refractivity contribution >= 4 is 37.4 Å². The van der Waals surface area contributed by atoms with Gasteiger partial charge in [-0.05, 0) is 30.8 Å². The summed E-state index contributed by atoms with van der Waals surface area (Å²) in [6, 6.07) is 42.8. The number of nitrogens with two attached hydrogens (primary N) is 1. The second-order valence-corrected chi connectivity index (χ2v) is 20.7. The highest BCUT2D eigenvalue weighted by Crippen LogP contribution is 2.41. The summed E-state index contributed by atoms with van der Waals surface area (Å²) in [4.78, 5) is 0. The van der Waals surface area contributed by atoms with Crippen LogP contribution in [0.15, 0.2) is 121 Å². The molecule has 204 valence electrons. The molecule has 0 aromatic heterocycles. The molecule has 0 aliphatic carbocycles. The molecule has 0 unspecified atom stereocenters. The summed E-state index contributed by atoms with van der Waals surface area (Å²) >= 11 is 0. The Morgan fingerprint density at radius 1 is 0.487 bits per heavy atom. The van der Waals surface area contributed by atoms with Gasteiger partial charge in [0.2, 0.25) is 0 Å². The Balaban J connectivity index is 1.93. The van der Waals surface area contributed by atoms with Crippen molar-refractivity contribution < 1.29 is 8.85 Å². The zero-order valence-corrected chi connectivity index (χ0v) is 26.2. The second kappa shape index (κ2) is 11.7. The zero-order valence-electron chi connectivity index (χ0n) is 24.2. The number of hydrogen-bond acceptors (Lipinski definition) is 3. The van der Waals surface area contributed by atoms with Gasteiger partial charge in [-0.2, -0.15) is 0 Å². The fourth-order valence-corrected chi connectivity index (χ4v) is 15.1. The quantitative estimate of drug-likeness (QED) is 0.222. The summed E-state index contributed by atoms with van der Waals surface area (Å²) in [5.41, 5.74) is 6.58. The maximum atomic E-state index is 7.44. The van der Waals surface area contributed by atoms with Gasteiger partial charge in [0.25, 0.3) is 16.6 Å². The number of rotatable bonds is 9. The molecule has 3 nitrogen and oxygen atoms in total. The first kappa shape index (κ1) is 29.2. The number of benzene rings is 4. The van der Waals surface area contributed by atoms with E-state index in [1.165, 1.54) is 20.7 Å². The molecule has 4 rings (SSSR count). The Labute approximate surface area is 237 Å². The SMILES string of the molecule is CC(C)(C)[Si](OC(CN)O[Si](c1ccccc1)(c1ccccc1)C(C)(C)C)(c1ccccc1)c1ccccc1. The van der Waals surface area contributed by atoms with E-state index in [0.717, 1.165) is 0 Å². The molecule has 0 aliphatic rings. The van der Waals surface area contributed by atoms with Crippen LogP contribution < -0.4 is 26.5 Å². The topological polar surface area (TPSA) is 44.5 Å². The Kier molecular flexibility index (Phi) is 8.79. The lowest BCUT2D eigenvalue weighted by Crippen LogP contribution is -2.72. The van der Waals surface area contributed by atoms with Crippen LogP contribution >= 0.6 is 0 Å². The maximum absolute atomic E-state index is 7.44. The lowest BCUT2D eigenvalue weighted by molar-refractivity contribution is -0.00272.